The Bertz CT molecular complexity index is 884. The van der Waals surface area contributed by atoms with Crippen LogP contribution in [0.25, 0.3) is 11.2 Å². The first-order valence-electron chi connectivity index (χ1n) is 8.94. The predicted octanol–water partition coefficient (Wildman–Crippen LogP) is 3.67. The van der Waals surface area contributed by atoms with E-state index in [4.69, 9.17) is 0 Å². The average Bonchev–Trinajstić information content (AvgIpc) is 3.00. The number of rotatable bonds is 7. The summed E-state index contributed by atoms with van der Waals surface area (Å²) in [5.41, 5.74) is 2.48. The van der Waals surface area contributed by atoms with Crippen LogP contribution in [0.2, 0.25) is 0 Å². The quantitative estimate of drug-likeness (QED) is 0.704. The molecule has 0 radical (unpaired) electrons. The molecule has 1 amide bonds. The molecule has 5 nitrogen and oxygen atoms in total. The molecule has 0 fully saturated rings. The molecule has 0 unspecified atom stereocenters. The Morgan fingerprint density at radius 1 is 1.19 bits per heavy atom. The molecule has 3 rings (SSSR count). The minimum Gasteiger partial charge on any atom is -0.349 e. The lowest BCUT2D eigenvalue weighted by Gasteiger charge is -2.14. The fourth-order valence-corrected chi connectivity index (χ4v) is 3.05. The number of hydrogen-bond acceptors (Lipinski definition) is 3. The first-order valence-corrected chi connectivity index (χ1v) is 8.94. The van der Waals surface area contributed by atoms with Crippen LogP contribution in [0.4, 0.5) is 4.39 Å². The molecule has 0 saturated carbocycles. The van der Waals surface area contributed by atoms with E-state index in [1.807, 2.05) is 30.5 Å². The van der Waals surface area contributed by atoms with Crippen molar-refractivity contribution in [1.29, 1.82) is 0 Å². The van der Waals surface area contributed by atoms with Crippen molar-refractivity contribution in [3.8, 4) is 0 Å². The Labute approximate surface area is 152 Å². The molecule has 1 N–H and O–H groups in total. The predicted molar refractivity (Wildman–Crippen MR) is 98.9 cm³/mol. The zero-order chi connectivity index (χ0) is 18.5. The summed E-state index contributed by atoms with van der Waals surface area (Å²) in [6, 6.07) is 10.1. The summed E-state index contributed by atoms with van der Waals surface area (Å²) < 4.78 is 15.1. The zero-order valence-corrected chi connectivity index (χ0v) is 15.1. The van der Waals surface area contributed by atoms with E-state index in [9.17, 15) is 9.18 Å². The highest BCUT2D eigenvalue weighted by molar-refractivity contribution is 5.78. The number of nitrogens with zero attached hydrogens (tertiary/aromatic N) is 3. The van der Waals surface area contributed by atoms with Crippen molar-refractivity contribution in [2.75, 3.05) is 0 Å². The van der Waals surface area contributed by atoms with Crippen LogP contribution in [0.3, 0.4) is 0 Å². The van der Waals surface area contributed by atoms with Crippen LogP contribution in [-0.2, 0) is 17.9 Å². The number of hydrogen-bond donors (Lipinski definition) is 1. The SMILES string of the molecule is CCC(CC)C(=O)NCc1nc2cccnc2n1Cc1ccc(F)cc1. The largest absolute Gasteiger partial charge is 0.349 e. The lowest BCUT2D eigenvalue weighted by molar-refractivity contribution is -0.125. The molecule has 136 valence electrons. The summed E-state index contributed by atoms with van der Waals surface area (Å²) in [7, 11) is 0. The summed E-state index contributed by atoms with van der Waals surface area (Å²) in [6.45, 7) is 4.89. The van der Waals surface area contributed by atoms with Gasteiger partial charge in [-0.25, -0.2) is 14.4 Å². The molecule has 0 spiro atoms. The number of carbonyl (C=O) groups is 1. The zero-order valence-electron chi connectivity index (χ0n) is 15.1. The topological polar surface area (TPSA) is 59.8 Å². The molecule has 0 saturated heterocycles. The van der Waals surface area contributed by atoms with E-state index < -0.39 is 0 Å². The Kier molecular flexibility index (Phi) is 5.61. The highest BCUT2D eigenvalue weighted by Gasteiger charge is 2.17. The van der Waals surface area contributed by atoms with Crippen LogP contribution in [0.1, 0.15) is 38.1 Å². The fraction of sp³-hybridized carbons (Fsp3) is 0.350. The molecule has 2 aromatic heterocycles. The number of pyridine rings is 1. The molecule has 0 aliphatic carbocycles. The normalized spacial score (nSPS) is 11.2. The molecule has 0 atom stereocenters. The summed E-state index contributed by atoms with van der Waals surface area (Å²) in [5.74, 6) is 0.536. The second-order valence-corrected chi connectivity index (χ2v) is 6.32. The number of amides is 1. The van der Waals surface area contributed by atoms with Crippen LogP contribution in [0.5, 0.6) is 0 Å². The van der Waals surface area contributed by atoms with Gasteiger partial charge in [0.05, 0.1) is 13.1 Å². The van der Waals surface area contributed by atoms with Crippen LogP contribution >= 0.6 is 0 Å². The van der Waals surface area contributed by atoms with Gasteiger partial charge in [-0.15, -0.1) is 0 Å². The van der Waals surface area contributed by atoms with E-state index in [0.717, 1.165) is 35.4 Å². The van der Waals surface area contributed by atoms with Crippen molar-refractivity contribution in [2.45, 2.75) is 39.8 Å². The molecule has 3 aromatic rings. The highest BCUT2D eigenvalue weighted by atomic mass is 19.1. The number of imidazole rings is 1. The van der Waals surface area contributed by atoms with Crippen LogP contribution in [0, 0.1) is 11.7 Å². The van der Waals surface area contributed by atoms with Gasteiger partial charge in [-0.1, -0.05) is 26.0 Å². The van der Waals surface area contributed by atoms with Crippen molar-refractivity contribution >= 4 is 17.1 Å². The van der Waals surface area contributed by atoms with Crippen molar-refractivity contribution in [2.24, 2.45) is 5.92 Å². The standard InChI is InChI=1S/C20H23FN4O/c1-3-15(4-2)20(26)23-12-18-24-17-6-5-11-22-19(17)25(18)13-14-7-9-16(21)10-8-14/h5-11,15H,3-4,12-13H2,1-2H3,(H,23,26). The van der Waals surface area contributed by atoms with E-state index in [1.54, 1.807) is 18.3 Å². The Morgan fingerprint density at radius 3 is 2.62 bits per heavy atom. The van der Waals surface area contributed by atoms with Crippen molar-refractivity contribution < 1.29 is 9.18 Å². The number of benzene rings is 1. The lowest BCUT2D eigenvalue weighted by atomic mass is 10.0. The molecule has 1 aromatic carbocycles. The minimum atomic E-state index is -0.264. The van der Waals surface area contributed by atoms with Crippen LogP contribution in [0.15, 0.2) is 42.6 Å². The monoisotopic (exact) mass is 354 g/mol. The second kappa shape index (κ2) is 8.08. The van der Waals surface area contributed by atoms with Crippen molar-refractivity contribution in [3.63, 3.8) is 0 Å². The van der Waals surface area contributed by atoms with Gasteiger partial charge in [-0.3, -0.25) is 4.79 Å². The van der Waals surface area contributed by atoms with Gasteiger partial charge in [0.15, 0.2) is 5.65 Å². The van der Waals surface area contributed by atoms with Crippen LogP contribution in [-0.4, -0.2) is 20.4 Å². The third-order valence-corrected chi connectivity index (χ3v) is 4.61. The Hall–Kier alpha value is -2.76. The molecule has 0 bridgehead atoms. The lowest BCUT2D eigenvalue weighted by Crippen LogP contribution is -2.30. The van der Waals surface area contributed by atoms with E-state index >= 15 is 0 Å². The van der Waals surface area contributed by atoms with Crippen molar-refractivity contribution in [1.82, 2.24) is 19.9 Å². The summed E-state index contributed by atoms with van der Waals surface area (Å²) in [5, 5.41) is 2.99. The van der Waals surface area contributed by atoms with Gasteiger partial charge in [0.2, 0.25) is 5.91 Å². The van der Waals surface area contributed by atoms with Crippen LogP contribution < -0.4 is 5.32 Å². The third-order valence-electron chi connectivity index (χ3n) is 4.61. The maximum Gasteiger partial charge on any atom is 0.223 e. The van der Waals surface area contributed by atoms with Gasteiger partial charge in [-0.05, 0) is 42.7 Å². The van der Waals surface area contributed by atoms with E-state index in [0.29, 0.717) is 13.1 Å². The first-order chi connectivity index (χ1) is 12.6. The minimum absolute atomic E-state index is 0.0167. The molecular weight excluding hydrogens is 331 g/mol. The molecular formula is C20H23FN4O. The maximum atomic E-state index is 13.2. The number of halogens is 1. The van der Waals surface area contributed by atoms with Crippen molar-refractivity contribution in [3.05, 3.63) is 59.8 Å². The smallest absolute Gasteiger partial charge is 0.223 e. The first kappa shape index (κ1) is 18.0. The summed E-state index contributed by atoms with van der Waals surface area (Å²) in [4.78, 5) is 21.3. The highest BCUT2D eigenvalue weighted by Crippen LogP contribution is 2.17. The molecule has 0 aliphatic heterocycles. The third kappa shape index (κ3) is 3.90. The second-order valence-electron chi connectivity index (χ2n) is 6.32. The fourth-order valence-electron chi connectivity index (χ4n) is 3.05. The Morgan fingerprint density at radius 2 is 1.92 bits per heavy atom. The molecule has 6 heteroatoms. The molecule has 2 heterocycles. The van der Waals surface area contributed by atoms with E-state index in [1.165, 1.54) is 12.1 Å². The number of nitrogens with one attached hydrogen (secondary N) is 1. The molecule has 26 heavy (non-hydrogen) atoms. The van der Waals surface area contributed by atoms with Gasteiger partial charge in [0, 0.05) is 12.1 Å². The average molecular weight is 354 g/mol. The summed E-state index contributed by atoms with van der Waals surface area (Å²) >= 11 is 0. The summed E-state index contributed by atoms with van der Waals surface area (Å²) in [6.07, 6.45) is 3.35. The number of carbonyl (C=O) groups excluding carboxylic acids is 1. The molecule has 0 aliphatic rings. The van der Waals surface area contributed by atoms with Gasteiger partial charge >= 0.3 is 0 Å². The number of fused-ring (bicyclic) bond motifs is 1. The van der Waals surface area contributed by atoms with E-state index in [-0.39, 0.29) is 17.6 Å². The number of aromatic nitrogens is 3. The Balaban J connectivity index is 1.87. The van der Waals surface area contributed by atoms with Gasteiger partial charge in [0.25, 0.3) is 0 Å². The van der Waals surface area contributed by atoms with Gasteiger partial charge in [0.1, 0.15) is 17.2 Å². The van der Waals surface area contributed by atoms with Gasteiger partial charge < -0.3 is 9.88 Å². The maximum absolute atomic E-state index is 13.2. The van der Waals surface area contributed by atoms with Gasteiger partial charge in [-0.2, -0.15) is 0 Å². The van der Waals surface area contributed by atoms with E-state index in [2.05, 4.69) is 15.3 Å².